The summed E-state index contributed by atoms with van der Waals surface area (Å²) in [6.45, 7) is -0.600. The number of nitrogens with one attached hydrogen (secondary N) is 1. The van der Waals surface area contributed by atoms with Crippen molar-refractivity contribution in [3.63, 3.8) is 0 Å². The first-order valence-electron chi connectivity index (χ1n) is 11.1. The van der Waals surface area contributed by atoms with Gasteiger partial charge in [-0.3, -0.25) is 9.89 Å². The fraction of sp³-hybridized carbons (Fsp3) is 0.333. The topological polar surface area (TPSA) is 104 Å². The number of carbonyl (C=O) groups is 2. The van der Waals surface area contributed by atoms with Crippen molar-refractivity contribution in [3.8, 4) is 0 Å². The Kier molecular flexibility index (Phi) is 8.00. The highest BCUT2D eigenvalue weighted by molar-refractivity contribution is 7.11. The zero-order valence-electron chi connectivity index (χ0n) is 19.5. The molecule has 2 aromatic rings. The van der Waals surface area contributed by atoms with Gasteiger partial charge in [0.2, 0.25) is 0 Å². The molecular weight excluding hydrogens is 533 g/mol. The summed E-state index contributed by atoms with van der Waals surface area (Å²) in [7, 11) is 1.18. The van der Waals surface area contributed by atoms with Gasteiger partial charge in [-0.25, -0.2) is 27.7 Å². The van der Waals surface area contributed by atoms with Gasteiger partial charge in [-0.05, 0) is 18.1 Å². The summed E-state index contributed by atoms with van der Waals surface area (Å²) >= 11 is 7.59. The SMILES string of the molecule is COC(=O)C1=C(CN2C[C@@H](/C=C/C(=O)O)CC(F)(F)C2)NC(c2nccs2)=N[C@H]1c1ccc(F)cc1Cl. The number of hydrogen-bond acceptors (Lipinski definition) is 8. The van der Waals surface area contributed by atoms with Crippen LogP contribution in [-0.4, -0.2) is 65.4 Å². The number of ether oxygens (including phenoxy) is 1. The number of rotatable bonds is 7. The number of carboxylic acids is 1. The second-order valence-corrected chi connectivity index (χ2v) is 9.88. The first-order chi connectivity index (χ1) is 17.6. The number of alkyl halides is 2. The lowest BCUT2D eigenvalue weighted by molar-refractivity contribution is -0.136. The molecule has 2 atom stereocenters. The number of hydrogen-bond donors (Lipinski definition) is 2. The van der Waals surface area contributed by atoms with Crippen molar-refractivity contribution in [2.24, 2.45) is 10.9 Å². The maximum Gasteiger partial charge on any atom is 0.338 e. The smallest absolute Gasteiger partial charge is 0.338 e. The normalized spacial score (nSPS) is 22.0. The van der Waals surface area contributed by atoms with Crippen molar-refractivity contribution in [3.05, 3.63) is 74.6 Å². The Morgan fingerprint density at radius 1 is 1.41 bits per heavy atom. The Labute approximate surface area is 219 Å². The van der Waals surface area contributed by atoms with Gasteiger partial charge in [-0.15, -0.1) is 11.3 Å². The van der Waals surface area contributed by atoms with E-state index in [-0.39, 0.29) is 35.2 Å². The second-order valence-electron chi connectivity index (χ2n) is 8.58. The average Bonchev–Trinajstić information content (AvgIpc) is 3.36. The number of likely N-dealkylation sites (tertiary alicyclic amines) is 1. The number of methoxy groups -OCH3 is 1. The number of aliphatic carboxylic acids is 1. The van der Waals surface area contributed by atoms with Crippen LogP contribution in [0.4, 0.5) is 13.2 Å². The Hall–Kier alpha value is -3.22. The molecule has 37 heavy (non-hydrogen) atoms. The minimum absolute atomic E-state index is 0.0262. The zero-order valence-corrected chi connectivity index (χ0v) is 21.0. The number of thiazole rings is 1. The highest BCUT2D eigenvalue weighted by atomic mass is 35.5. The number of benzene rings is 1. The summed E-state index contributed by atoms with van der Waals surface area (Å²) in [5.41, 5.74) is 0.599. The van der Waals surface area contributed by atoms with Gasteiger partial charge in [0.25, 0.3) is 5.92 Å². The van der Waals surface area contributed by atoms with Crippen LogP contribution in [0.1, 0.15) is 23.0 Å². The molecule has 8 nitrogen and oxygen atoms in total. The third-order valence-electron chi connectivity index (χ3n) is 5.82. The van der Waals surface area contributed by atoms with Crippen LogP contribution in [0, 0.1) is 11.7 Å². The van der Waals surface area contributed by atoms with Gasteiger partial charge in [0, 0.05) is 53.4 Å². The van der Waals surface area contributed by atoms with E-state index in [1.165, 1.54) is 41.6 Å². The monoisotopic (exact) mass is 554 g/mol. The van der Waals surface area contributed by atoms with Crippen LogP contribution in [0.15, 0.2) is 58.2 Å². The van der Waals surface area contributed by atoms with Crippen molar-refractivity contribution in [2.75, 3.05) is 26.7 Å². The largest absolute Gasteiger partial charge is 0.478 e. The number of aliphatic imine (C=N–C) groups is 1. The number of halogens is 4. The molecule has 2 aliphatic heterocycles. The number of piperidine rings is 1. The predicted molar refractivity (Wildman–Crippen MR) is 131 cm³/mol. The van der Waals surface area contributed by atoms with Crippen LogP contribution in [0.2, 0.25) is 5.02 Å². The number of aromatic nitrogens is 1. The maximum absolute atomic E-state index is 14.6. The van der Waals surface area contributed by atoms with E-state index in [0.717, 1.165) is 12.1 Å². The molecule has 0 amide bonds. The van der Waals surface area contributed by atoms with E-state index < -0.39 is 48.6 Å². The van der Waals surface area contributed by atoms with E-state index in [1.807, 2.05) is 0 Å². The minimum Gasteiger partial charge on any atom is -0.478 e. The molecule has 1 saturated heterocycles. The maximum atomic E-state index is 14.6. The molecule has 4 rings (SSSR count). The van der Waals surface area contributed by atoms with Crippen LogP contribution in [0.25, 0.3) is 0 Å². The van der Waals surface area contributed by atoms with Gasteiger partial charge >= 0.3 is 11.9 Å². The lowest BCUT2D eigenvalue weighted by atomic mass is 9.92. The van der Waals surface area contributed by atoms with Gasteiger partial charge in [-0.2, -0.15) is 0 Å². The van der Waals surface area contributed by atoms with Gasteiger partial charge in [0.05, 0.1) is 19.2 Å². The third kappa shape index (κ3) is 6.38. The second kappa shape index (κ2) is 11.0. The van der Waals surface area contributed by atoms with Crippen LogP contribution in [-0.2, 0) is 14.3 Å². The summed E-state index contributed by atoms with van der Waals surface area (Å²) < 4.78 is 48.0. The lowest BCUT2D eigenvalue weighted by Crippen LogP contribution is -2.49. The van der Waals surface area contributed by atoms with Crippen molar-refractivity contribution < 1.29 is 32.6 Å². The molecule has 2 N–H and O–H groups in total. The van der Waals surface area contributed by atoms with Crippen molar-refractivity contribution in [2.45, 2.75) is 18.4 Å². The fourth-order valence-electron chi connectivity index (χ4n) is 4.40. The molecule has 1 fully saturated rings. The molecule has 0 saturated carbocycles. The first-order valence-corrected chi connectivity index (χ1v) is 12.3. The molecule has 3 heterocycles. The van der Waals surface area contributed by atoms with Crippen molar-refractivity contribution >= 4 is 40.7 Å². The molecule has 1 aromatic carbocycles. The molecule has 0 aliphatic carbocycles. The highest BCUT2D eigenvalue weighted by Gasteiger charge is 2.41. The third-order valence-corrected chi connectivity index (χ3v) is 6.93. The summed E-state index contributed by atoms with van der Waals surface area (Å²) in [6.07, 6.45) is 3.16. The van der Waals surface area contributed by atoms with Crippen LogP contribution in [0.3, 0.4) is 0 Å². The highest BCUT2D eigenvalue weighted by Crippen LogP contribution is 2.38. The Bertz CT molecular complexity index is 1280. The number of carbonyl (C=O) groups excluding carboxylic acids is 1. The summed E-state index contributed by atoms with van der Waals surface area (Å²) in [4.78, 5) is 34.2. The van der Waals surface area contributed by atoms with E-state index >= 15 is 0 Å². The van der Waals surface area contributed by atoms with E-state index in [0.29, 0.717) is 10.6 Å². The van der Waals surface area contributed by atoms with Crippen molar-refractivity contribution in [1.29, 1.82) is 0 Å². The standard InChI is InChI=1S/C24H22ClF3N4O4S/c1-36-23(35)19-17(11-32-10-13(2-5-18(33)34)9-24(27,28)12-32)30-21(22-29-6-7-37-22)31-20(19)15-4-3-14(26)8-16(15)25/h2-8,13,20H,9-12H2,1H3,(H,30,31)(H,33,34)/b5-2+/t13-,20-/m0/s1. The number of nitrogens with zero attached hydrogens (tertiary/aromatic N) is 3. The van der Waals surface area contributed by atoms with Gasteiger partial charge in [0.1, 0.15) is 11.9 Å². The molecule has 0 bridgehead atoms. The first kappa shape index (κ1) is 26.8. The molecule has 196 valence electrons. The van der Waals surface area contributed by atoms with Gasteiger partial charge < -0.3 is 15.2 Å². The number of carboxylic acid groups (broad SMARTS) is 1. The molecule has 0 spiro atoms. The van der Waals surface area contributed by atoms with Crippen LogP contribution < -0.4 is 5.32 Å². The van der Waals surface area contributed by atoms with Crippen molar-refractivity contribution in [1.82, 2.24) is 15.2 Å². The Morgan fingerprint density at radius 3 is 2.84 bits per heavy atom. The molecule has 2 aliphatic rings. The Balaban J connectivity index is 1.77. The number of amidine groups is 1. The predicted octanol–water partition coefficient (Wildman–Crippen LogP) is 4.05. The zero-order chi connectivity index (χ0) is 26.7. The van der Waals surface area contributed by atoms with Crippen LogP contribution in [0.5, 0.6) is 0 Å². The fourth-order valence-corrected chi connectivity index (χ4v) is 5.25. The van der Waals surface area contributed by atoms with E-state index in [9.17, 15) is 22.8 Å². The summed E-state index contributed by atoms with van der Waals surface area (Å²) in [5.74, 6) is -6.09. The van der Waals surface area contributed by atoms with E-state index in [4.69, 9.17) is 21.4 Å². The van der Waals surface area contributed by atoms with Crippen LogP contribution >= 0.6 is 22.9 Å². The van der Waals surface area contributed by atoms with Gasteiger partial charge in [0.15, 0.2) is 10.8 Å². The molecule has 13 heteroatoms. The van der Waals surface area contributed by atoms with E-state index in [1.54, 1.807) is 11.6 Å². The lowest BCUT2D eigenvalue weighted by Gasteiger charge is -2.38. The molecular formula is C24H22ClF3N4O4S. The van der Waals surface area contributed by atoms with Gasteiger partial charge in [-0.1, -0.05) is 23.7 Å². The summed E-state index contributed by atoms with van der Waals surface area (Å²) in [5, 5.41) is 14.2. The Morgan fingerprint density at radius 2 is 2.19 bits per heavy atom. The average molecular weight is 555 g/mol. The van der Waals surface area contributed by atoms with E-state index in [2.05, 4.69) is 15.3 Å². The molecule has 0 unspecified atom stereocenters. The molecule has 1 aromatic heterocycles. The summed E-state index contributed by atoms with van der Waals surface area (Å²) in [6, 6.07) is 2.65. The quantitative estimate of drug-likeness (QED) is 0.393. The minimum atomic E-state index is -3.09. The molecule has 0 radical (unpaired) electrons. The number of esters is 1.